The van der Waals surface area contributed by atoms with Crippen molar-refractivity contribution < 1.29 is 9.72 Å². The zero-order valence-electron chi connectivity index (χ0n) is 12.7. The zero-order chi connectivity index (χ0) is 17.1. The predicted octanol–water partition coefficient (Wildman–Crippen LogP) is 2.45. The molecule has 1 amide bonds. The van der Waals surface area contributed by atoms with E-state index in [9.17, 15) is 14.9 Å². The molecule has 0 spiro atoms. The first-order valence-corrected chi connectivity index (χ1v) is 8.00. The first-order chi connectivity index (χ1) is 11.5. The number of fused-ring (bicyclic) bond motifs is 1. The maximum atomic E-state index is 11.9. The van der Waals surface area contributed by atoms with Crippen LogP contribution in [0.1, 0.15) is 12.1 Å². The quantitative estimate of drug-likeness (QED) is 0.523. The number of anilines is 2. The molecule has 0 fully saturated rings. The van der Waals surface area contributed by atoms with E-state index in [0.717, 1.165) is 5.69 Å². The van der Waals surface area contributed by atoms with Gasteiger partial charge in [0.2, 0.25) is 11.7 Å². The molecule has 0 radical (unpaired) electrons. The molecule has 2 N–H and O–H groups in total. The fraction of sp³-hybridized carbons (Fsp3) is 0.214. The molecule has 0 aliphatic heterocycles. The topological polar surface area (TPSA) is 114 Å². The summed E-state index contributed by atoms with van der Waals surface area (Å²) in [7, 11) is 0. The summed E-state index contributed by atoms with van der Waals surface area (Å²) in [5, 5.41) is 18.4. The second-order valence-corrected chi connectivity index (χ2v) is 5.86. The number of aromatic nitrogens is 3. The molecule has 3 rings (SSSR count). The molecular weight excluding hydrogens is 332 g/mol. The van der Waals surface area contributed by atoms with E-state index >= 15 is 0 Å². The van der Waals surface area contributed by atoms with E-state index < -0.39 is 4.92 Å². The predicted molar refractivity (Wildman–Crippen MR) is 90.4 cm³/mol. The molecule has 3 aromatic heterocycles. The van der Waals surface area contributed by atoms with Gasteiger partial charge < -0.3 is 20.7 Å². The number of carbonyl (C=O) groups excluding carboxylic acids is 1. The molecule has 0 saturated heterocycles. The molecule has 124 valence electrons. The number of hydrogen-bond acceptors (Lipinski definition) is 7. The Morgan fingerprint density at radius 3 is 3.00 bits per heavy atom. The average molecular weight is 346 g/mol. The fourth-order valence-electron chi connectivity index (χ4n) is 2.18. The van der Waals surface area contributed by atoms with Gasteiger partial charge in [-0.05, 0) is 24.0 Å². The van der Waals surface area contributed by atoms with E-state index in [1.807, 2.05) is 13.0 Å². The van der Waals surface area contributed by atoms with E-state index in [0.29, 0.717) is 10.8 Å². The second kappa shape index (κ2) is 6.62. The first kappa shape index (κ1) is 15.9. The Labute approximate surface area is 140 Å². The number of imidazole rings is 1. The van der Waals surface area contributed by atoms with E-state index in [-0.39, 0.29) is 30.5 Å². The van der Waals surface area contributed by atoms with E-state index in [1.54, 1.807) is 23.7 Å². The van der Waals surface area contributed by atoms with Gasteiger partial charge in [0.05, 0.1) is 0 Å². The van der Waals surface area contributed by atoms with Crippen molar-refractivity contribution in [2.75, 3.05) is 17.2 Å². The number of aryl methyl sites for hydroxylation is 1. The first-order valence-electron chi connectivity index (χ1n) is 7.12. The van der Waals surface area contributed by atoms with Crippen LogP contribution in [-0.4, -0.2) is 31.7 Å². The van der Waals surface area contributed by atoms with Gasteiger partial charge >= 0.3 is 5.82 Å². The molecule has 0 bridgehead atoms. The lowest BCUT2D eigenvalue weighted by atomic mass is 10.3. The monoisotopic (exact) mass is 346 g/mol. The molecule has 0 atom stereocenters. The van der Waals surface area contributed by atoms with Crippen LogP contribution < -0.4 is 10.6 Å². The minimum atomic E-state index is -0.494. The van der Waals surface area contributed by atoms with Gasteiger partial charge in [0, 0.05) is 24.0 Å². The van der Waals surface area contributed by atoms with Crippen LogP contribution in [0.2, 0.25) is 0 Å². The third-order valence-electron chi connectivity index (χ3n) is 3.21. The maximum Gasteiger partial charge on any atom is 0.372 e. The minimum absolute atomic E-state index is 0.132. The highest BCUT2D eigenvalue weighted by molar-refractivity contribution is 7.15. The molecular formula is C14H14N6O3S. The number of nitrogens with one attached hydrogen (secondary N) is 2. The molecule has 0 saturated carbocycles. The van der Waals surface area contributed by atoms with Gasteiger partial charge in [0.25, 0.3) is 4.96 Å². The SMILES string of the molecule is Cc1cccc(NC(=O)CCNc2nc3sccn3c2[N+](=O)[O-])n1. The van der Waals surface area contributed by atoms with E-state index in [2.05, 4.69) is 20.6 Å². The Hall–Kier alpha value is -3.01. The molecule has 10 heteroatoms. The summed E-state index contributed by atoms with van der Waals surface area (Å²) in [6.07, 6.45) is 1.73. The van der Waals surface area contributed by atoms with E-state index in [4.69, 9.17) is 0 Å². The molecule has 0 unspecified atom stereocenters. The molecule has 0 aromatic carbocycles. The summed E-state index contributed by atoms with van der Waals surface area (Å²) in [5.41, 5.74) is 0.805. The summed E-state index contributed by atoms with van der Waals surface area (Å²) in [4.78, 5) is 31.5. The number of hydrogen-bond donors (Lipinski definition) is 2. The number of nitrogens with zero attached hydrogens (tertiary/aromatic N) is 4. The van der Waals surface area contributed by atoms with Gasteiger partial charge in [-0.25, -0.2) is 4.98 Å². The van der Waals surface area contributed by atoms with Crippen LogP contribution in [-0.2, 0) is 4.79 Å². The lowest BCUT2D eigenvalue weighted by Crippen LogP contribution is -2.17. The number of thiazole rings is 1. The molecule has 3 aromatic rings. The van der Waals surface area contributed by atoms with Crippen molar-refractivity contribution in [2.24, 2.45) is 0 Å². The van der Waals surface area contributed by atoms with Gasteiger partial charge in [-0.15, -0.1) is 0 Å². The highest BCUT2D eigenvalue weighted by atomic mass is 32.1. The van der Waals surface area contributed by atoms with Crippen LogP contribution in [0.3, 0.4) is 0 Å². The van der Waals surface area contributed by atoms with Gasteiger partial charge in [0.1, 0.15) is 12.0 Å². The number of amides is 1. The molecule has 24 heavy (non-hydrogen) atoms. The Morgan fingerprint density at radius 2 is 2.25 bits per heavy atom. The Kier molecular flexibility index (Phi) is 4.38. The smallest absolute Gasteiger partial charge is 0.362 e. The van der Waals surface area contributed by atoms with Gasteiger partial charge in [0.15, 0.2) is 0 Å². The van der Waals surface area contributed by atoms with Crippen LogP contribution in [0.4, 0.5) is 17.5 Å². The molecule has 0 aliphatic carbocycles. The lowest BCUT2D eigenvalue weighted by Gasteiger charge is -2.06. The number of pyridine rings is 1. The van der Waals surface area contributed by atoms with Crippen molar-refractivity contribution in [2.45, 2.75) is 13.3 Å². The van der Waals surface area contributed by atoms with Crippen molar-refractivity contribution in [3.8, 4) is 0 Å². The van der Waals surface area contributed by atoms with Crippen molar-refractivity contribution in [3.05, 3.63) is 45.6 Å². The van der Waals surface area contributed by atoms with Crippen LogP contribution in [0, 0.1) is 17.0 Å². The Bertz CT molecular complexity index is 903. The summed E-state index contributed by atoms with van der Waals surface area (Å²) in [6, 6.07) is 5.34. The third-order valence-corrected chi connectivity index (χ3v) is 3.97. The van der Waals surface area contributed by atoms with Gasteiger partial charge in [-0.3, -0.25) is 4.79 Å². The maximum absolute atomic E-state index is 11.9. The van der Waals surface area contributed by atoms with E-state index in [1.165, 1.54) is 15.7 Å². The Morgan fingerprint density at radius 1 is 1.42 bits per heavy atom. The lowest BCUT2D eigenvalue weighted by molar-refractivity contribution is -0.389. The normalized spacial score (nSPS) is 10.7. The summed E-state index contributed by atoms with van der Waals surface area (Å²) in [6.45, 7) is 2.06. The number of rotatable bonds is 6. The largest absolute Gasteiger partial charge is 0.372 e. The third kappa shape index (κ3) is 3.33. The minimum Gasteiger partial charge on any atom is -0.362 e. The average Bonchev–Trinajstić information content (AvgIpc) is 3.07. The van der Waals surface area contributed by atoms with Crippen LogP contribution in [0.5, 0.6) is 0 Å². The van der Waals surface area contributed by atoms with Crippen molar-refractivity contribution in [1.29, 1.82) is 0 Å². The highest BCUT2D eigenvalue weighted by Gasteiger charge is 2.23. The number of nitro groups is 1. The van der Waals surface area contributed by atoms with Crippen LogP contribution in [0.15, 0.2) is 29.8 Å². The Balaban J connectivity index is 1.60. The van der Waals surface area contributed by atoms with Crippen molar-refractivity contribution in [3.63, 3.8) is 0 Å². The highest BCUT2D eigenvalue weighted by Crippen LogP contribution is 2.27. The van der Waals surface area contributed by atoms with Crippen LogP contribution in [0.25, 0.3) is 4.96 Å². The molecule has 0 aliphatic rings. The zero-order valence-corrected chi connectivity index (χ0v) is 13.5. The van der Waals surface area contributed by atoms with Gasteiger partial charge in [-0.2, -0.15) is 9.38 Å². The molecule has 3 heterocycles. The fourth-order valence-corrected chi connectivity index (χ4v) is 2.89. The van der Waals surface area contributed by atoms with Crippen molar-refractivity contribution >= 4 is 39.7 Å². The summed E-state index contributed by atoms with van der Waals surface area (Å²) < 4.78 is 1.41. The molecule has 9 nitrogen and oxygen atoms in total. The second-order valence-electron chi connectivity index (χ2n) is 4.99. The van der Waals surface area contributed by atoms with Gasteiger partial charge in [-0.1, -0.05) is 17.4 Å². The van der Waals surface area contributed by atoms with Crippen LogP contribution >= 0.6 is 11.3 Å². The standard InChI is InChI=1S/C14H14N6O3S/c1-9-3-2-4-10(16-9)17-11(21)5-6-15-12-13(20(22)23)19-7-8-24-14(19)18-12/h2-4,7-8,15H,5-6H2,1H3,(H,16,17,21). The summed E-state index contributed by atoms with van der Waals surface area (Å²) >= 11 is 1.30. The number of carbonyl (C=O) groups is 1. The summed E-state index contributed by atoms with van der Waals surface area (Å²) in [5.74, 6) is 0.276. The van der Waals surface area contributed by atoms with Crippen molar-refractivity contribution in [1.82, 2.24) is 14.4 Å².